The summed E-state index contributed by atoms with van der Waals surface area (Å²) in [6, 6.07) is 15.4. The van der Waals surface area contributed by atoms with Crippen LogP contribution in [-0.2, 0) is 27.2 Å². The van der Waals surface area contributed by atoms with E-state index in [9.17, 15) is 14.4 Å². The molecule has 1 N–H and O–H groups in total. The molecular formula is C25H22N2O4S2. The third-order valence-corrected chi connectivity index (χ3v) is 8.01. The third kappa shape index (κ3) is 4.16. The molecule has 5 rings (SSSR count). The number of hydrogen-bond donors (Lipinski definition) is 1. The predicted molar refractivity (Wildman–Crippen MR) is 130 cm³/mol. The first-order valence-corrected chi connectivity index (χ1v) is 12.4. The van der Waals surface area contributed by atoms with Gasteiger partial charge in [-0.2, -0.15) is 0 Å². The summed E-state index contributed by atoms with van der Waals surface area (Å²) in [7, 11) is 0. The van der Waals surface area contributed by atoms with Gasteiger partial charge in [-0.3, -0.25) is 14.5 Å². The molecule has 2 aliphatic rings. The number of esters is 1. The quantitative estimate of drug-likeness (QED) is 0.496. The molecule has 168 valence electrons. The fourth-order valence-corrected chi connectivity index (χ4v) is 6.65. The molecule has 2 aromatic carbocycles. The molecule has 0 spiro atoms. The van der Waals surface area contributed by atoms with E-state index in [0.29, 0.717) is 10.6 Å². The highest BCUT2D eigenvalue weighted by atomic mass is 32.2. The number of rotatable bonds is 4. The lowest BCUT2D eigenvalue weighted by molar-refractivity contribution is -0.121. The molecule has 0 saturated carbocycles. The summed E-state index contributed by atoms with van der Waals surface area (Å²) >= 11 is 3.04. The van der Waals surface area contributed by atoms with Crippen molar-refractivity contribution in [2.45, 2.75) is 42.4 Å². The van der Waals surface area contributed by atoms with Gasteiger partial charge in [-0.25, -0.2) is 4.79 Å². The standard InChI is InChI=1S/C25H22N2O4S2/c1-15(28)26-24-23(16-8-2-5-11-19(16)33-24)25(30)31-14-22(29)27-17-9-3-6-12-20(17)32-21-13-7-4-10-18(21)27/h3-4,6-7,9-10,12-13H,2,5,8,11,14H2,1H3,(H,26,28). The summed E-state index contributed by atoms with van der Waals surface area (Å²) in [6.07, 6.45) is 3.71. The van der Waals surface area contributed by atoms with Gasteiger partial charge in [-0.1, -0.05) is 36.0 Å². The smallest absolute Gasteiger partial charge is 0.341 e. The first-order valence-electron chi connectivity index (χ1n) is 10.8. The Kier molecular flexibility index (Phi) is 5.95. The Hall–Kier alpha value is -3.10. The van der Waals surface area contributed by atoms with Crippen molar-refractivity contribution in [1.82, 2.24) is 0 Å². The second-order valence-corrected chi connectivity index (χ2v) is 10.1. The van der Waals surface area contributed by atoms with Gasteiger partial charge in [0, 0.05) is 21.6 Å². The van der Waals surface area contributed by atoms with E-state index in [-0.39, 0.29) is 11.8 Å². The second-order valence-electron chi connectivity index (χ2n) is 7.94. The van der Waals surface area contributed by atoms with E-state index < -0.39 is 12.6 Å². The Morgan fingerprint density at radius 3 is 2.27 bits per heavy atom. The van der Waals surface area contributed by atoms with Gasteiger partial charge in [-0.05, 0) is 55.5 Å². The fourth-order valence-electron chi connectivity index (χ4n) is 4.27. The average Bonchev–Trinajstić information content (AvgIpc) is 3.17. The molecule has 1 aromatic heterocycles. The zero-order valence-corrected chi connectivity index (χ0v) is 19.7. The van der Waals surface area contributed by atoms with E-state index in [4.69, 9.17) is 4.74 Å². The summed E-state index contributed by atoms with van der Waals surface area (Å²) in [5.41, 5.74) is 2.88. The minimum Gasteiger partial charge on any atom is -0.452 e. The van der Waals surface area contributed by atoms with Gasteiger partial charge in [0.25, 0.3) is 5.91 Å². The number of thiophene rings is 1. The number of nitrogens with zero attached hydrogens (tertiary/aromatic N) is 1. The van der Waals surface area contributed by atoms with Crippen LogP contribution in [0, 0.1) is 0 Å². The Morgan fingerprint density at radius 1 is 0.970 bits per heavy atom. The monoisotopic (exact) mass is 478 g/mol. The van der Waals surface area contributed by atoms with Gasteiger partial charge >= 0.3 is 5.97 Å². The summed E-state index contributed by atoms with van der Waals surface area (Å²) < 4.78 is 5.54. The van der Waals surface area contributed by atoms with Crippen LogP contribution >= 0.6 is 23.1 Å². The lowest BCUT2D eigenvalue weighted by atomic mass is 9.95. The maximum Gasteiger partial charge on any atom is 0.341 e. The molecule has 0 unspecified atom stereocenters. The molecule has 3 aromatic rings. The number of carbonyl (C=O) groups is 3. The van der Waals surface area contributed by atoms with Crippen LogP contribution in [0.4, 0.5) is 16.4 Å². The van der Waals surface area contributed by atoms with E-state index in [1.54, 1.807) is 16.7 Å². The summed E-state index contributed by atoms with van der Waals surface area (Å²) in [5, 5.41) is 3.28. The van der Waals surface area contributed by atoms with Crippen LogP contribution in [0.25, 0.3) is 0 Å². The first kappa shape index (κ1) is 21.7. The van der Waals surface area contributed by atoms with Crippen molar-refractivity contribution in [2.24, 2.45) is 0 Å². The zero-order chi connectivity index (χ0) is 22.9. The summed E-state index contributed by atoms with van der Waals surface area (Å²) in [5.74, 6) is -1.13. The maximum absolute atomic E-state index is 13.3. The number of ether oxygens (including phenoxy) is 1. The molecule has 2 amide bonds. The topological polar surface area (TPSA) is 75.7 Å². The van der Waals surface area contributed by atoms with Gasteiger partial charge in [0.05, 0.1) is 16.9 Å². The number of fused-ring (bicyclic) bond motifs is 3. The number of carbonyl (C=O) groups excluding carboxylic acids is 3. The minimum atomic E-state index is -0.570. The molecule has 0 saturated heterocycles. The van der Waals surface area contributed by atoms with Crippen LogP contribution in [0.5, 0.6) is 0 Å². The number of para-hydroxylation sites is 2. The van der Waals surface area contributed by atoms with Gasteiger partial charge in [0.2, 0.25) is 5.91 Å². The molecule has 1 aliphatic carbocycles. The van der Waals surface area contributed by atoms with Crippen molar-refractivity contribution in [2.75, 3.05) is 16.8 Å². The molecular weight excluding hydrogens is 456 g/mol. The number of nitrogens with one attached hydrogen (secondary N) is 1. The first-order chi connectivity index (χ1) is 16.0. The van der Waals surface area contributed by atoms with Crippen LogP contribution in [0.3, 0.4) is 0 Å². The molecule has 0 radical (unpaired) electrons. The van der Waals surface area contributed by atoms with Crippen molar-refractivity contribution in [3.63, 3.8) is 0 Å². The largest absolute Gasteiger partial charge is 0.452 e. The normalized spacial score (nSPS) is 14.0. The van der Waals surface area contributed by atoms with Gasteiger partial charge in [-0.15, -0.1) is 11.3 Å². The van der Waals surface area contributed by atoms with Crippen LogP contribution in [-0.4, -0.2) is 24.4 Å². The highest BCUT2D eigenvalue weighted by molar-refractivity contribution is 7.99. The Labute approximate surface area is 199 Å². The SMILES string of the molecule is CC(=O)Nc1sc2c(c1C(=O)OCC(=O)N1c3ccccc3Sc3ccccc31)CCCC2. The van der Waals surface area contributed by atoms with Crippen molar-refractivity contribution in [3.05, 3.63) is 64.5 Å². The van der Waals surface area contributed by atoms with Crippen molar-refractivity contribution in [3.8, 4) is 0 Å². The number of benzene rings is 2. The maximum atomic E-state index is 13.3. The number of amides is 2. The molecule has 0 fully saturated rings. The summed E-state index contributed by atoms with van der Waals surface area (Å²) in [6.45, 7) is 1.02. The number of aryl methyl sites for hydroxylation is 1. The third-order valence-electron chi connectivity index (χ3n) is 5.67. The molecule has 2 heterocycles. The van der Waals surface area contributed by atoms with Crippen LogP contribution < -0.4 is 10.2 Å². The van der Waals surface area contributed by atoms with E-state index >= 15 is 0 Å². The lowest BCUT2D eigenvalue weighted by Crippen LogP contribution is -2.32. The van der Waals surface area contributed by atoms with Crippen molar-refractivity contribution >= 4 is 57.3 Å². The molecule has 8 heteroatoms. The molecule has 33 heavy (non-hydrogen) atoms. The predicted octanol–water partition coefficient (Wildman–Crippen LogP) is 5.57. The Morgan fingerprint density at radius 2 is 1.61 bits per heavy atom. The van der Waals surface area contributed by atoms with E-state index in [1.807, 2.05) is 48.5 Å². The van der Waals surface area contributed by atoms with Crippen LogP contribution in [0.1, 0.15) is 40.6 Å². The van der Waals surface area contributed by atoms with Crippen LogP contribution in [0.15, 0.2) is 58.3 Å². The van der Waals surface area contributed by atoms with E-state index in [2.05, 4.69) is 5.32 Å². The highest BCUT2D eigenvalue weighted by Crippen LogP contribution is 2.48. The number of hydrogen-bond acceptors (Lipinski definition) is 6. The molecule has 0 bridgehead atoms. The summed E-state index contributed by atoms with van der Waals surface area (Å²) in [4.78, 5) is 42.8. The highest BCUT2D eigenvalue weighted by Gasteiger charge is 2.31. The Bertz CT molecular complexity index is 1220. The molecule has 6 nitrogen and oxygen atoms in total. The minimum absolute atomic E-state index is 0.238. The van der Waals surface area contributed by atoms with E-state index in [0.717, 1.165) is 57.3 Å². The van der Waals surface area contributed by atoms with Gasteiger partial charge in [0.15, 0.2) is 6.61 Å². The fraction of sp³-hybridized carbons (Fsp3) is 0.240. The Balaban J connectivity index is 1.40. The zero-order valence-electron chi connectivity index (χ0n) is 18.1. The lowest BCUT2D eigenvalue weighted by Gasteiger charge is -2.30. The second kappa shape index (κ2) is 9.03. The van der Waals surface area contributed by atoms with E-state index in [1.165, 1.54) is 18.3 Å². The number of anilines is 3. The van der Waals surface area contributed by atoms with Gasteiger partial charge in [0.1, 0.15) is 5.00 Å². The van der Waals surface area contributed by atoms with Crippen molar-refractivity contribution in [1.29, 1.82) is 0 Å². The average molecular weight is 479 g/mol. The molecule has 1 aliphatic heterocycles. The van der Waals surface area contributed by atoms with Gasteiger partial charge < -0.3 is 10.1 Å². The van der Waals surface area contributed by atoms with Crippen LogP contribution in [0.2, 0.25) is 0 Å². The van der Waals surface area contributed by atoms with Crippen molar-refractivity contribution < 1.29 is 19.1 Å². The molecule has 0 atom stereocenters.